The second-order valence-electron chi connectivity index (χ2n) is 4.47. The minimum absolute atomic E-state index is 0.393. The summed E-state index contributed by atoms with van der Waals surface area (Å²) in [7, 11) is 3.28. The Morgan fingerprint density at radius 3 is 2.81 bits per heavy atom. The summed E-state index contributed by atoms with van der Waals surface area (Å²) in [6.07, 6.45) is 2.31. The van der Waals surface area contributed by atoms with Crippen molar-refractivity contribution in [2.45, 2.75) is 24.9 Å². The molecule has 88 valence electrons. The average molecular weight is 222 g/mol. The Hall–Kier alpha value is -1.06. The van der Waals surface area contributed by atoms with Crippen LogP contribution in [0.5, 0.6) is 5.75 Å². The predicted octanol–water partition coefficient (Wildman–Crippen LogP) is 1.56. The Morgan fingerprint density at radius 2 is 2.12 bits per heavy atom. The van der Waals surface area contributed by atoms with Crippen LogP contribution in [-0.4, -0.2) is 31.5 Å². The molecule has 0 heterocycles. The van der Waals surface area contributed by atoms with Gasteiger partial charge < -0.3 is 14.6 Å². The van der Waals surface area contributed by atoms with Gasteiger partial charge in [-0.25, -0.2) is 0 Å². The van der Waals surface area contributed by atoms with Gasteiger partial charge in [-0.05, 0) is 36.1 Å². The molecule has 1 aliphatic carbocycles. The summed E-state index contributed by atoms with van der Waals surface area (Å²) in [5.74, 6) is 0.848. The van der Waals surface area contributed by atoms with Gasteiger partial charge in [0.25, 0.3) is 0 Å². The molecule has 1 aromatic rings. The Morgan fingerprint density at radius 1 is 1.31 bits per heavy atom. The third-order valence-corrected chi connectivity index (χ3v) is 3.21. The molecule has 1 aliphatic rings. The maximum Gasteiger partial charge on any atom is 0.119 e. The zero-order valence-corrected chi connectivity index (χ0v) is 9.82. The summed E-state index contributed by atoms with van der Waals surface area (Å²) in [6.45, 7) is 0.393. The minimum atomic E-state index is -0.714. The molecule has 0 aliphatic heterocycles. The van der Waals surface area contributed by atoms with E-state index in [0.717, 1.165) is 18.6 Å². The molecule has 3 heteroatoms. The lowest BCUT2D eigenvalue weighted by Gasteiger charge is -2.33. The first-order valence-electron chi connectivity index (χ1n) is 5.54. The molecule has 0 radical (unpaired) electrons. The fourth-order valence-electron chi connectivity index (χ4n) is 2.34. The van der Waals surface area contributed by atoms with E-state index in [0.29, 0.717) is 13.0 Å². The molecule has 0 bridgehead atoms. The van der Waals surface area contributed by atoms with Gasteiger partial charge in [-0.3, -0.25) is 0 Å². The molecule has 2 rings (SSSR count). The summed E-state index contributed by atoms with van der Waals surface area (Å²) >= 11 is 0. The highest BCUT2D eigenvalue weighted by Crippen LogP contribution is 2.31. The zero-order valence-electron chi connectivity index (χ0n) is 9.82. The summed E-state index contributed by atoms with van der Waals surface area (Å²) in [6, 6.07) is 6.06. The molecule has 1 atom stereocenters. The summed E-state index contributed by atoms with van der Waals surface area (Å²) in [4.78, 5) is 0. The van der Waals surface area contributed by atoms with Gasteiger partial charge in [0.2, 0.25) is 0 Å². The summed E-state index contributed by atoms with van der Waals surface area (Å²) < 4.78 is 10.3. The maximum atomic E-state index is 10.3. The largest absolute Gasteiger partial charge is 0.497 e. The van der Waals surface area contributed by atoms with Crippen LogP contribution in [0.4, 0.5) is 0 Å². The van der Waals surface area contributed by atoms with Crippen molar-refractivity contribution in [2.24, 2.45) is 0 Å². The topological polar surface area (TPSA) is 38.7 Å². The molecule has 0 aromatic heterocycles. The van der Waals surface area contributed by atoms with Crippen LogP contribution >= 0.6 is 0 Å². The number of methoxy groups -OCH3 is 2. The lowest BCUT2D eigenvalue weighted by atomic mass is 9.81. The van der Waals surface area contributed by atoms with Gasteiger partial charge >= 0.3 is 0 Å². The number of fused-ring (bicyclic) bond motifs is 1. The second kappa shape index (κ2) is 4.44. The molecule has 1 aromatic carbocycles. The van der Waals surface area contributed by atoms with Crippen LogP contribution in [0.15, 0.2) is 18.2 Å². The van der Waals surface area contributed by atoms with E-state index in [-0.39, 0.29) is 0 Å². The number of hydrogen-bond acceptors (Lipinski definition) is 3. The fraction of sp³-hybridized carbons (Fsp3) is 0.538. The van der Waals surface area contributed by atoms with E-state index in [9.17, 15) is 5.11 Å². The number of rotatable bonds is 3. The molecule has 1 unspecified atom stereocenters. The Bertz CT molecular complexity index is 375. The smallest absolute Gasteiger partial charge is 0.119 e. The van der Waals surface area contributed by atoms with E-state index >= 15 is 0 Å². The SMILES string of the molecule is COCC1(O)CCc2ccc(OC)cc2C1. The number of ether oxygens (including phenoxy) is 2. The van der Waals surface area contributed by atoms with Crippen LogP contribution < -0.4 is 4.74 Å². The Labute approximate surface area is 96.0 Å². The first kappa shape index (κ1) is 11.4. The highest BCUT2D eigenvalue weighted by Gasteiger charge is 2.32. The van der Waals surface area contributed by atoms with Gasteiger partial charge in [-0.15, -0.1) is 0 Å². The molecule has 0 amide bonds. The second-order valence-corrected chi connectivity index (χ2v) is 4.47. The maximum absolute atomic E-state index is 10.3. The Balaban J connectivity index is 2.24. The van der Waals surface area contributed by atoms with E-state index in [2.05, 4.69) is 6.07 Å². The van der Waals surface area contributed by atoms with Gasteiger partial charge in [0.15, 0.2) is 0 Å². The van der Waals surface area contributed by atoms with Crippen LogP contribution in [0.2, 0.25) is 0 Å². The first-order valence-corrected chi connectivity index (χ1v) is 5.54. The highest BCUT2D eigenvalue weighted by atomic mass is 16.5. The van der Waals surface area contributed by atoms with Gasteiger partial charge in [-0.2, -0.15) is 0 Å². The number of hydrogen-bond donors (Lipinski definition) is 1. The molecule has 16 heavy (non-hydrogen) atoms. The number of benzene rings is 1. The van der Waals surface area contributed by atoms with Crippen molar-refractivity contribution < 1.29 is 14.6 Å². The van der Waals surface area contributed by atoms with Crippen LogP contribution in [0.1, 0.15) is 17.5 Å². The van der Waals surface area contributed by atoms with Gasteiger partial charge in [0, 0.05) is 13.5 Å². The van der Waals surface area contributed by atoms with Crippen molar-refractivity contribution in [1.82, 2.24) is 0 Å². The van der Waals surface area contributed by atoms with E-state index in [1.54, 1.807) is 14.2 Å². The molecule has 0 saturated carbocycles. The third kappa shape index (κ3) is 2.20. The van der Waals surface area contributed by atoms with Crippen molar-refractivity contribution in [3.05, 3.63) is 29.3 Å². The van der Waals surface area contributed by atoms with Crippen molar-refractivity contribution in [2.75, 3.05) is 20.8 Å². The highest BCUT2D eigenvalue weighted by molar-refractivity contribution is 5.38. The van der Waals surface area contributed by atoms with E-state index in [1.807, 2.05) is 12.1 Å². The first-order chi connectivity index (χ1) is 7.67. The third-order valence-electron chi connectivity index (χ3n) is 3.21. The molecule has 1 N–H and O–H groups in total. The van der Waals surface area contributed by atoms with Crippen molar-refractivity contribution in [1.29, 1.82) is 0 Å². The quantitative estimate of drug-likeness (QED) is 0.843. The van der Waals surface area contributed by atoms with E-state index < -0.39 is 5.60 Å². The lowest BCUT2D eigenvalue weighted by Crippen LogP contribution is -2.40. The minimum Gasteiger partial charge on any atom is -0.497 e. The van der Waals surface area contributed by atoms with Gasteiger partial charge in [-0.1, -0.05) is 6.07 Å². The molecule has 0 saturated heterocycles. The Kier molecular flexibility index (Phi) is 3.17. The summed E-state index contributed by atoms with van der Waals surface area (Å²) in [5, 5.41) is 10.3. The molecule has 3 nitrogen and oxygen atoms in total. The van der Waals surface area contributed by atoms with Crippen molar-refractivity contribution in [3.63, 3.8) is 0 Å². The van der Waals surface area contributed by atoms with Crippen LogP contribution in [0, 0.1) is 0 Å². The van der Waals surface area contributed by atoms with Gasteiger partial charge in [0.1, 0.15) is 5.75 Å². The molecule has 0 fully saturated rings. The zero-order chi connectivity index (χ0) is 11.6. The predicted molar refractivity (Wildman–Crippen MR) is 61.8 cm³/mol. The standard InChI is InChI=1S/C13H18O3/c1-15-9-13(14)6-5-10-3-4-12(16-2)7-11(10)8-13/h3-4,7,14H,5-6,8-9H2,1-2H3. The monoisotopic (exact) mass is 222 g/mol. The van der Waals surface area contributed by atoms with Crippen molar-refractivity contribution >= 4 is 0 Å². The number of aryl methyl sites for hydroxylation is 1. The van der Waals surface area contributed by atoms with E-state index in [4.69, 9.17) is 9.47 Å². The van der Waals surface area contributed by atoms with E-state index in [1.165, 1.54) is 11.1 Å². The van der Waals surface area contributed by atoms with Gasteiger partial charge in [0.05, 0.1) is 19.3 Å². The molecular formula is C13H18O3. The lowest BCUT2D eigenvalue weighted by molar-refractivity contribution is -0.0403. The molecule has 0 spiro atoms. The van der Waals surface area contributed by atoms with Crippen LogP contribution in [0.3, 0.4) is 0 Å². The fourth-order valence-corrected chi connectivity index (χ4v) is 2.34. The summed E-state index contributed by atoms with van der Waals surface area (Å²) in [5.41, 5.74) is 1.76. The normalized spacial score (nSPS) is 23.9. The average Bonchev–Trinajstić information content (AvgIpc) is 2.28. The van der Waals surface area contributed by atoms with Crippen LogP contribution in [-0.2, 0) is 17.6 Å². The molecular weight excluding hydrogens is 204 g/mol. The van der Waals surface area contributed by atoms with Crippen LogP contribution in [0.25, 0.3) is 0 Å². The van der Waals surface area contributed by atoms with Crippen molar-refractivity contribution in [3.8, 4) is 5.75 Å². The number of aliphatic hydroxyl groups is 1.